The maximum atomic E-state index is 11.8. The lowest BCUT2D eigenvalue weighted by atomic mass is 10.1. The maximum absolute atomic E-state index is 11.8. The van der Waals surface area contributed by atoms with E-state index in [2.05, 4.69) is 15.5 Å². The number of carbonyl (C=O) groups excluding carboxylic acids is 1. The number of ether oxygens (including phenoxy) is 1. The zero-order valence-electron chi connectivity index (χ0n) is 11.3. The third-order valence-corrected chi connectivity index (χ3v) is 2.76. The van der Waals surface area contributed by atoms with Crippen molar-refractivity contribution in [2.24, 2.45) is 5.10 Å². The van der Waals surface area contributed by atoms with Gasteiger partial charge in [0.2, 0.25) is 0 Å². The number of carbonyl (C=O) groups is 1. The van der Waals surface area contributed by atoms with Crippen molar-refractivity contribution >= 4 is 11.6 Å². The zero-order valence-corrected chi connectivity index (χ0v) is 11.3. The van der Waals surface area contributed by atoms with Crippen LogP contribution in [0.4, 0.5) is 0 Å². The summed E-state index contributed by atoms with van der Waals surface area (Å²) in [4.78, 5) is 15.7. The van der Waals surface area contributed by atoms with E-state index < -0.39 is 0 Å². The van der Waals surface area contributed by atoms with Gasteiger partial charge in [0.15, 0.2) is 0 Å². The minimum atomic E-state index is -0.269. The third kappa shape index (κ3) is 3.41. The molecule has 0 radical (unpaired) electrons. The van der Waals surface area contributed by atoms with E-state index in [0.717, 1.165) is 11.3 Å². The standard InChI is InChI=1S/C15H15N3O2/c1-11(13-4-3-5-14(10-13)20-2)17-18-15(19)12-6-8-16-9-7-12/h3-10H,1-2H3,(H,18,19)/b17-11-. The molecule has 0 unspecified atom stereocenters. The Kier molecular flexibility index (Phi) is 4.44. The summed E-state index contributed by atoms with van der Waals surface area (Å²) >= 11 is 0. The molecule has 0 fully saturated rings. The van der Waals surface area contributed by atoms with Crippen LogP contribution >= 0.6 is 0 Å². The van der Waals surface area contributed by atoms with Crippen molar-refractivity contribution in [3.8, 4) is 5.75 Å². The summed E-state index contributed by atoms with van der Waals surface area (Å²) in [5.74, 6) is 0.479. The van der Waals surface area contributed by atoms with Crippen molar-refractivity contribution in [2.75, 3.05) is 7.11 Å². The van der Waals surface area contributed by atoms with Crippen LogP contribution in [0.15, 0.2) is 53.9 Å². The van der Waals surface area contributed by atoms with E-state index in [-0.39, 0.29) is 5.91 Å². The Morgan fingerprint density at radius 1 is 1.20 bits per heavy atom. The number of pyridine rings is 1. The number of hydrogen-bond donors (Lipinski definition) is 1. The fourth-order valence-electron chi connectivity index (χ4n) is 1.62. The summed E-state index contributed by atoms with van der Waals surface area (Å²) in [5, 5.41) is 4.09. The Morgan fingerprint density at radius 2 is 1.95 bits per heavy atom. The van der Waals surface area contributed by atoms with E-state index >= 15 is 0 Å². The van der Waals surface area contributed by atoms with Crippen LogP contribution in [-0.4, -0.2) is 23.7 Å². The van der Waals surface area contributed by atoms with E-state index in [1.165, 1.54) is 0 Å². The SMILES string of the molecule is COc1cccc(/C(C)=N\NC(=O)c2ccncc2)c1. The number of aromatic nitrogens is 1. The smallest absolute Gasteiger partial charge is 0.271 e. The lowest BCUT2D eigenvalue weighted by molar-refractivity contribution is 0.0954. The average Bonchev–Trinajstić information content (AvgIpc) is 2.53. The van der Waals surface area contributed by atoms with Gasteiger partial charge in [-0.3, -0.25) is 9.78 Å². The molecule has 2 rings (SSSR count). The zero-order chi connectivity index (χ0) is 14.4. The fraction of sp³-hybridized carbons (Fsp3) is 0.133. The van der Waals surface area contributed by atoms with E-state index in [1.807, 2.05) is 31.2 Å². The van der Waals surface area contributed by atoms with Gasteiger partial charge in [0.25, 0.3) is 5.91 Å². The molecule has 1 aromatic heterocycles. The number of nitrogens with one attached hydrogen (secondary N) is 1. The topological polar surface area (TPSA) is 63.6 Å². The number of rotatable bonds is 4. The third-order valence-electron chi connectivity index (χ3n) is 2.76. The molecule has 0 spiro atoms. The molecule has 2 aromatic rings. The number of nitrogens with zero attached hydrogens (tertiary/aromatic N) is 2. The summed E-state index contributed by atoms with van der Waals surface area (Å²) in [6.07, 6.45) is 3.13. The summed E-state index contributed by atoms with van der Waals surface area (Å²) in [7, 11) is 1.61. The highest BCUT2D eigenvalue weighted by atomic mass is 16.5. The highest BCUT2D eigenvalue weighted by Crippen LogP contribution is 2.13. The Bertz CT molecular complexity index is 624. The normalized spacial score (nSPS) is 11.0. The molecule has 0 bridgehead atoms. The Morgan fingerprint density at radius 3 is 2.65 bits per heavy atom. The molecule has 0 aliphatic carbocycles. The predicted molar refractivity (Wildman–Crippen MR) is 76.9 cm³/mol. The fourth-order valence-corrected chi connectivity index (χ4v) is 1.62. The Balaban J connectivity index is 2.09. The van der Waals surface area contributed by atoms with Crippen molar-refractivity contribution in [3.05, 3.63) is 59.9 Å². The summed E-state index contributed by atoms with van der Waals surface area (Å²) < 4.78 is 5.15. The lowest BCUT2D eigenvalue weighted by Gasteiger charge is -2.05. The van der Waals surface area contributed by atoms with Gasteiger partial charge in [-0.15, -0.1) is 0 Å². The van der Waals surface area contributed by atoms with E-state index in [4.69, 9.17) is 4.74 Å². The molecule has 1 heterocycles. The second-order valence-electron chi connectivity index (χ2n) is 4.11. The molecule has 102 valence electrons. The quantitative estimate of drug-likeness (QED) is 0.684. The maximum Gasteiger partial charge on any atom is 0.271 e. The van der Waals surface area contributed by atoms with Crippen molar-refractivity contribution in [1.82, 2.24) is 10.4 Å². The first-order valence-electron chi connectivity index (χ1n) is 6.10. The number of hydrazone groups is 1. The number of hydrogen-bond acceptors (Lipinski definition) is 4. The molecule has 1 amide bonds. The first-order chi connectivity index (χ1) is 9.70. The highest BCUT2D eigenvalue weighted by molar-refractivity contribution is 6.01. The van der Waals surface area contributed by atoms with Crippen molar-refractivity contribution in [3.63, 3.8) is 0 Å². The molecule has 0 saturated carbocycles. The van der Waals surface area contributed by atoms with Crippen LogP contribution in [0.5, 0.6) is 5.75 Å². The minimum absolute atomic E-state index is 0.269. The Hall–Kier alpha value is -2.69. The van der Waals surface area contributed by atoms with Crippen LogP contribution in [0.3, 0.4) is 0 Å². The molecule has 5 nitrogen and oxygen atoms in total. The minimum Gasteiger partial charge on any atom is -0.497 e. The molecule has 20 heavy (non-hydrogen) atoms. The summed E-state index contributed by atoms with van der Waals surface area (Å²) in [6.45, 7) is 1.82. The monoisotopic (exact) mass is 269 g/mol. The second-order valence-corrected chi connectivity index (χ2v) is 4.11. The van der Waals surface area contributed by atoms with Gasteiger partial charge in [0.05, 0.1) is 12.8 Å². The number of amides is 1. The van der Waals surface area contributed by atoms with Crippen molar-refractivity contribution in [1.29, 1.82) is 0 Å². The molecule has 1 N–H and O–H groups in total. The van der Waals surface area contributed by atoms with E-state index in [1.54, 1.807) is 31.6 Å². The number of methoxy groups -OCH3 is 1. The van der Waals surface area contributed by atoms with Gasteiger partial charge in [0.1, 0.15) is 5.75 Å². The van der Waals surface area contributed by atoms with Crippen LogP contribution in [-0.2, 0) is 0 Å². The largest absolute Gasteiger partial charge is 0.497 e. The van der Waals surface area contributed by atoms with Crippen LogP contribution in [0.25, 0.3) is 0 Å². The van der Waals surface area contributed by atoms with Gasteiger partial charge in [-0.25, -0.2) is 5.43 Å². The first-order valence-corrected chi connectivity index (χ1v) is 6.10. The van der Waals surface area contributed by atoms with Gasteiger partial charge in [-0.1, -0.05) is 12.1 Å². The summed E-state index contributed by atoms with van der Waals surface area (Å²) in [6, 6.07) is 10.7. The van der Waals surface area contributed by atoms with Gasteiger partial charge in [-0.2, -0.15) is 5.10 Å². The van der Waals surface area contributed by atoms with E-state index in [9.17, 15) is 4.79 Å². The molecule has 0 aliphatic heterocycles. The molecule has 5 heteroatoms. The van der Waals surface area contributed by atoms with Crippen molar-refractivity contribution in [2.45, 2.75) is 6.92 Å². The lowest BCUT2D eigenvalue weighted by Crippen LogP contribution is -2.19. The number of benzene rings is 1. The Labute approximate surface area is 117 Å². The summed E-state index contributed by atoms with van der Waals surface area (Å²) in [5.41, 5.74) is 4.62. The molecular weight excluding hydrogens is 254 g/mol. The van der Waals surface area contributed by atoms with Crippen molar-refractivity contribution < 1.29 is 9.53 Å². The van der Waals surface area contributed by atoms with Crippen LogP contribution in [0, 0.1) is 0 Å². The van der Waals surface area contributed by atoms with Gasteiger partial charge >= 0.3 is 0 Å². The second kappa shape index (κ2) is 6.47. The molecule has 0 saturated heterocycles. The predicted octanol–water partition coefficient (Wildman–Crippen LogP) is 2.24. The highest BCUT2D eigenvalue weighted by Gasteiger charge is 2.04. The average molecular weight is 269 g/mol. The molecule has 0 atom stereocenters. The van der Waals surface area contributed by atoms with Crippen LogP contribution in [0.2, 0.25) is 0 Å². The molecular formula is C15H15N3O2. The van der Waals surface area contributed by atoms with Crippen LogP contribution < -0.4 is 10.2 Å². The van der Waals surface area contributed by atoms with Gasteiger partial charge in [0, 0.05) is 23.5 Å². The van der Waals surface area contributed by atoms with Gasteiger partial charge in [-0.05, 0) is 31.2 Å². The molecule has 0 aliphatic rings. The van der Waals surface area contributed by atoms with E-state index in [0.29, 0.717) is 11.3 Å². The van der Waals surface area contributed by atoms with Gasteiger partial charge < -0.3 is 4.74 Å². The van der Waals surface area contributed by atoms with Crippen LogP contribution in [0.1, 0.15) is 22.8 Å². The first kappa shape index (κ1) is 13.7. The molecule has 1 aromatic carbocycles.